The number of hydrogen-bond acceptors (Lipinski definition) is 5. The van der Waals surface area contributed by atoms with Gasteiger partial charge in [0.1, 0.15) is 16.5 Å². The summed E-state index contributed by atoms with van der Waals surface area (Å²) in [5.41, 5.74) is 1.60. The van der Waals surface area contributed by atoms with Crippen LogP contribution in [0, 0.1) is 6.92 Å². The number of carbonyl (C=O) groups is 2. The van der Waals surface area contributed by atoms with Gasteiger partial charge in [0.25, 0.3) is 0 Å². The van der Waals surface area contributed by atoms with Crippen molar-refractivity contribution in [3.63, 3.8) is 0 Å². The Bertz CT molecular complexity index is 971. The van der Waals surface area contributed by atoms with Gasteiger partial charge in [-0.15, -0.1) is 11.3 Å². The van der Waals surface area contributed by atoms with Crippen LogP contribution in [0.3, 0.4) is 0 Å². The van der Waals surface area contributed by atoms with Gasteiger partial charge in [0.2, 0.25) is 5.91 Å². The average Bonchev–Trinajstić information content (AvgIpc) is 3.36. The molecule has 27 heavy (non-hydrogen) atoms. The monoisotopic (exact) mass is 382 g/mol. The number of benzene rings is 1. The first-order valence-corrected chi connectivity index (χ1v) is 10.1. The van der Waals surface area contributed by atoms with Crippen LogP contribution in [0.2, 0.25) is 0 Å². The van der Waals surface area contributed by atoms with Crippen molar-refractivity contribution in [3.05, 3.63) is 52.4 Å². The number of likely N-dealkylation sites (tertiary alicyclic amines) is 1. The number of fused-ring (bicyclic) bond motifs is 1. The van der Waals surface area contributed by atoms with Gasteiger partial charge in [-0.3, -0.25) is 9.59 Å². The number of aromatic nitrogens is 1. The van der Waals surface area contributed by atoms with E-state index < -0.39 is 0 Å². The molecule has 140 valence electrons. The van der Waals surface area contributed by atoms with Gasteiger partial charge < -0.3 is 9.32 Å². The van der Waals surface area contributed by atoms with Gasteiger partial charge in [-0.05, 0) is 44.9 Å². The molecule has 1 saturated heterocycles. The molecule has 5 nitrogen and oxygen atoms in total. The maximum atomic E-state index is 12.8. The third-order valence-corrected chi connectivity index (χ3v) is 6.24. The van der Waals surface area contributed by atoms with Crippen LogP contribution in [0.1, 0.15) is 59.1 Å². The number of amides is 1. The molecule has 1 aliphatic heterocycles. The molecule has 0 bridgehead atoms. The highest BCUT2D eigenvalue weighted by atomic mass is 32.1. The van der Waals surface area contributed by atoms with Crippen molar-refractivity contribution >= 4 is 33.2 Å². The lowest BCUT2D eigenvalue weighted by molar-refractivity contribution is -0.132. The van der Waals surface area contributed by atoms with Gasteiger partial charge >= 0.3 is 0 Å². The Hall–Kier alpha value is -2.47. The number of rotatable bonds is 5. The zero-order valence-electron chi connectivity index (χ0n) is 15.5. The van der Waals surface area contributed by atoms with E-state index in [9.17, 15) is 9.59 Å². The van der Waals surface area contributed by atoms with E-state index in [4.69, 9.17) is 9.40 Å². The second-order valence-electron chi connectivity index (χ2n) is 7.00. The fraction of sp³-hybridized carbons (Fsp3) is 0.381. The lowest BCUT2D eigenvalue weighted by atomic mass is 10.1. The largest absolute Gasteiger partial charge is 0.466 e. The van der Waals surface area contributed by atoms with Crippen LogP contribution in [0.4, 0.5) is 0 Å². The Kier molecular flexibility index (Phi) is 4.83. The van der Waals surface area contributed by atoms with Gasteiger partial charge in [-0.25, -0.2) is 4.98 Å². The van der Waals surface area contributed by atoms with E-state index in [0.29, 0.717) is 29.9 Å². The summed E-state index contributed by atoms with van der Waals surface area (Å²) in [6.45, 7) is 4.08. The number of thiazole rings is 1. The summed E-state index contributed by atoms with van der Waals surface area (Å²) in [6, 6.07) is 9.93. The van der Waals surface area contributed by atoms with E-state index >= 15 is 0 Å². The summed E-state index contributed by atoms with van der Waals surface area (Å²) in [7, 11) is 0. The number of aryl methyl sites for hydroxylation is 2. The number of ketones is 1. The Balaban J connectivity index is 1.46. The molecule has 3 aromatic rings. The van der Waals surface area contributed by atoms with Crippen molar-refractivity contribution in [1.29, 1.82) is 0 Å². The SMILES string of the molecule is CC(=O)c1cc(CCC(=O)N2CCC[C@@H]2c2nc3ccccc3s2)oc1C. The van der Waals surface area contributed by atoms with Crippen LogP contribution in [0.15, 0.2) is 34.7 Å². The van der Waals surface area contributed by atoms with Crippen LogP contribution >= 0.6 is 11.3 Å². The van der Waals surface area contributed by atoms with E-state index in [2.05, 4.69) is 6.07 Å². The van der Waals surface area contributed by atoms with Crippen molar-refractivity contribution in [1.82, 2.24) is 9.88 Å². The lowest BCUT2D eigenvalue weighted by Crippen LogP contribution is -2.30. The van der Waals surface area contributed by atoms with Crippen LogP contribution in [-0.2, 0) is 11.2 Å². The van der Waals surface area contributed by atoms with Gasteiger partial charge in [-0.2, -0.15) is 0 Å². The Morgan fingerprint density at radius 3 is 2.89 bits per heavy atom. The topological polar surface area (TPSA) is 63.4 Å². The molecule has 0 unspecified atom stereocenters. The molecule has 0 saturated carbocycles. The van der Waals surface area contributed by atoms with Gasteiger partial charge in [0, 0.05) is 19.4 Å². The molecule has 6 heteroatoms. The van der Waals surface area contributed by atoms with Crippen LogP contribution < -0.4 is 0 Å². The molecular formula is C21H22N2O3S. The zero-order chi connectivity index (χ0) is 19.0. The Morgan fingerprint density at radius 1 is 1.33 bits per heavy atom. The molecule has 2 aromatic heterocycles. The normalized spacial score (nSPS) is 17.0. The summed E-state index contributed by atoms with van der Waals surface area (Å²) in [4.78, 5) is 31.1. The quantitative estimate of drug-likeness (QED) is 0.600. The molecule has 3 heterocycles. The molecule has 0 aliphatic carbocycles. The molecule has 1 atom stereocenters. The second-order valence-corrected chi connectivity index (χ2v) is 8.07. The third-order valence-electron chi connectivity index (χ3n) is 5.10. The van der Waals surface area contributed by atoms with Crippen LogP contribution in [-0.4, -0.2) is 28.1 Å². The smallest absolute Gasteiger partial charge is 0.223 e. The first-order valence-electron chi connectivity index (χ1n) is 9.28. The fourth-order valence-corrected chi connectivity index (χ4v) is 4.86. The first kappa shape index (κ1) is 17.9. The van der Waals surface area contributed by atoms with Crippen molar-refractivity contribution in [2.24, 2.45) is 0 Å². The second kappa shape index (κ2) is 7.27. The highest BCUT2D eigenvalue weighted by Gasteiger charge is 2.32. The van der Waals surface area contributed by atoms with Crippen molar-refractivity contribution in [2.45, 2.75) is 45.6 Å². The molecule has 1 aliphatic rings. The minimum Gasteiger partial charge on any atom is -0.466 e. The molecule has 0 N–H and O–H groups in total. The Labute approximate surface area is 162 Å². The standard InChI is InChI=1S/C21H22N2O3S/c1-13(24)16-12-15(26-14(16)2)9-10-20(25)23-11-5-7-18(23)21-22-17-6-3-4-8-19(17)27-21/h3-4,6,8,12,18H,5,7,9-11H2,1-2H3/t18-/m1/s1. The minimum absolute atomic E-state index is 0.00994. The molecule has 1 aromatic carbocycles. The van der Waals surface area contributed by atoms with Gasteiger partial charge in [-0.1, -0.05) is 12.1 Å². The molecular weight excluding hydrogens is 360 g/mol. The Morgan fingerprint density at radius 2 is 2.15 bits per heavy atom. The number of Topliss-reactive ketones (excluding diaryl/α,β-unsaturated/α-hetero) is 1. The molecule has 0 spiro atoms. The maximum absolute atomic E-state index is 12.8. The highest BCUT2D eigenvalue weighted by molar-refractivity contribution is 7.18. The van der Waals surface area contributed by atoms with Crippen LogP contribution in [0.25, 0.3) is 10.2 Å². The third kappa shape index (κ3) is 3.54. The molecule has 1 fully saturated rings. The number of nitrogens with zero attached hydrogens (tertiary/aromatic N) is 2. The molecule has 0 radical (unpaired) electrons. The number of carbonyl (C=O) groups excluding carboxylic acids is 2. The number of furan rings is 1. The highest BCUT2D eigenvalue weighted by Crippen LogP contribution is 2.36. The minimum atomic E-state index is -0.00994. The predicted octanol–water partition coefficient (Wildman–Crippen LogP) is 4.70. The van der Waals surface area contributed by atoms with E-state index in [1.165, 1.54) is 6.92 Å². The summed E-state index contributed by atoms with van der Waals surface area (Å²) in [5.74, 6) is 1.43. The average molecular weight is 382 g/mol. The fourth-order valence-electron chi connectivity index (χ4n) is 3.74. The number of hydrogen-bond donors (Lipinski definition) is 0. The summed E-state index contributed by atoms with van der Waals surface area (Å²) < 4.78 is 6.80. The van der Waals surface area contributed by atoms with E-state index in [-0.39, 0.29) is 17.7 Å². The lowest BCUT2D eigenvalue weighted by Gasteiger charge is -2.23. The van der Waals surface area contributed by atoms with Crippen LogP contribution in [0.5, 0.6) is 0 Å². The molecule has 1 amide bonds. The summed E-state index contributed by atoms with van der Waals surface area (Å²) in [6.07, 6.45) is 2.85. The van der Waals surface area contributed by atoms with Crippen molar-refractivity contribution in [2.75, 3.05) is 6.54 Å². The summed E-state index contributed by atoms with van der Waals surface area (Å²) >= 11 is 1.68. The van der Waals surface area contributed by atoms with E-state index in [1.807, 2.05) is 23.1 Å². The predicted molar refractivity (Wildman–Crippen MR) is 105 cm³/mol. The zero-order valence-corrected chi connectivity index (χ0v) is 16.3. The van der Waals surface area contributed by atoms with Crippen molar-refractivity contribution in [3.8, 4) is 0 Å². The van der Waals surface area contributed by atoms with Gasteiger partial charge in [0.05, 0.1) is 21.8 Å². The first-order chi connectivity index (χ1) is 13.0. The van der Waals surface area contributed by atoms with E-state index in [0.717, 1.165) is 34.6 Å². The maximum Gasteiger partial charge on any atom is 0.223 e. The number of para-hydroxylation sites is 1. The molecule has 4 rings (SSSR count). The van der Waals surface area contributed by atoms with Crippen molar-refractivity contribution < 1.29 is 14.0 Å². The summed E-state index contributed by atoms with van der Waals surface area (Å²) in [5, 5.41) is 1.02. The van der Waals surface area contributed by atoms with Gasteiger partial charge in [0.15, 0.2) is 5.78 Å². The van der Waals surface area contributed by atoms with E-state index in [1.54, 1.807) is 24.3 Å².